The van der Waals surface area contributed by atoms with Crippen LogP contribution in [0.4, 0.5) is 5.82 Å². The van der Waals surface area contributed by atoms with Gasteiger partial charge in [0.05, 0.1) is 0 Å². The number of nitrogen functional groups attached to an aromatic ring is 1. The van der Waals surface area contributed by atoms with E-state index in [-0.39, 0.29) is 11.4 Å². The van der Waals surface area contributed by atoms with Gasteiger partial charge in [0.2, 0.25) is 0 Å². The van der Waals surface area contributed by atoms with Crippen LogP contribution >= 0.6 is 0 Å². The molecule has 0 unspecified atom stereocenters. The number of carbonyl (C=O) groups excluding carboxylic acids is 1. The Morgan fingerprint density at radius 2 is 2.17 bits per heavy atom. The molecule has 0 fully saturated rings. The summed E-state index contributed by atoms with van der Waals surface area (Å²) in [4.78, 5) is 18.0. The second-order valence-electron chi connectivity index (χ2n) is 4.96. The van der Waals surface area contributed by atoms with Gasteiger partial charge in [0.15, 0.2) is 0 Å². The average Bonchev–Trinajstić information content (AvgIpc) is 2.36. The highest BCUT2D eigenvalue weighted by molar-refractivity contribution is 5.94. The zero-order valence-corrected chi connectivity index (χ0v) is 11.3. The summed E-state index contributed by atoms with van der Waals surface area (Å²) in [5.74, 6) is 5.58. The van der Waals surface area contributed by atoms with Crippen molar-refractivity contribution in [2.45, 2.75) is 19.4 Å². The van der Waals surface area contributed by atoms with E-state index >= 15 is 0 Å². The van der Waals surface area contributed by atoms with Gasteiger partial charge in [-0.1, -0.05) is 0 Å². The molecule has 0 aromatic carbocycles. The van der Waals surface area contributed by atoms with Crippen molar-refractivity contribution in [1.82, 2.24) is 15.2 Å². The topological polar surface area (TPSA) is 83.3 Å². The molecule has 0 saturated carbocycles. The molecule has 1 heterocycles. The molecule has 4 N–H and O–H groups in total. The van der Waals surface area contributed by atoms with Crippen LogP contribution in [0.5, 0.6) is 0 Å². The molecule has 1 amide bonds. The van der Waals surface area contributed by atoms with E-state index in [0.29, 0.717) is 17.9 Å². The molecular weight excluding hydrogens is 230 g/mol. The predicted molar refractivity (Wildman–Crippen MR) is 72.1 cm³/mol. The van der Waals surface area contributed by atoms with E-state index in [2.05, 4.69) is 34.5 Å². The minimum atomic E-state index is -0.135. The zero-order valence-electron chi connectivity index (χ0n) is 11.3. The van der Waals surface area contributed by atoms with E-state index in [4.69, 9.17) is 5.84 Å². The molecule has 0 bridgehead atoms. The van der Waals surface area contributed by atoms with E-state index in [1.54, 1.807) is 18.3 Å². The van der Waals surface area contributed by atoms with Gasteiger partial charge in [0.25, 0.3) is 5.91 Å². The number of rotatable bonds is 5. The number of amides is 1. The van der Waals surface area contributed by atoms with Gasteiger partial charge in [-0.15, -0.1) is 0 Å². The normalized spacial score (nSPS) is 11.4. The number of hydrogen-bond acceptors (Lipinski definition) is 5. The average molecular weight is 251 g/mol. The molecule has 18 heavy (non-hydrogen) atoms. The Morgan fingerprint density at radius 3 is 2.72 bits per heavy atom. The molecule has 0 spiro atoms. The van der Waals surface area contributed by atoms with E-state index in [0.717, 1.165) is 0 Å². The first-order chi connectivity index (χ1) is 8.36. The highest BCUT2D eigenvalue weighted by Gasteiger charge is 2.21. The molecule has 1 rings (SSSR count). The predicted octanol–water partition coefficient (Wildman–Crippen LogP) is 0.437. The van der Waals surface area contributed by atoms with Gasteiger partial charge < -0.3 is 15.6 Å². The number of anilines is 1. The van der Waals surface area contributed by atoms with Crippen LogP contribution in [-0.4, -0.2) is 42.0 Å². The maximum atomic E-state index is 12.0. The summed E-state index contributed by atoms with van der Waals surface area (Å²) < 4.78 is 0. The fourth-order valence-electron chi connectivity index (χ4n) is 1.21. The first kappa shape index (κ1) is 14.4. The monoisotopic (exact) mass is 251 g/mol. The maximum absolute atomic E-state index is 12.0. The van der Waals surface area contributed by atoms with Crippen molar-refractivity contribution in [1.29, 1.82) is 0 Å². The minimum Gasteiger partial charge on any atom is -0.350 e. The Balaban J connectivity index is 2.66. The fourth-order valence-corrected chi connectivity index (χ4v) is 1.21. The minimum absolute atomic E-state index is 0.0996. The molecule has 0 aliphatic rings. The van der Waals surface area contributed by atoms with Crippen LogP contribution in [0.2, 0.25) is 0 Å². The number of pyridine rings is 1. The van der Waals surface area contributed by atoms with Crippen molar-refractivity contribution in [3.8, 4) is 0 Å². The Morgan fingerprint density at radius 1 is 1.50 bits per heavy atom. The number of nitrogens with two attached hydrogens (primary N) is 1. The summed E-state index contributed by atoms with van der Waals surface area (Å²) in [6.45, 7) is 4.69. The SMILES string of the molecule is CN(C)C(C)(C)CNC(=O)c1ccnc(NN)c1. The van der Waals surface area contributed by atoms with Crippen LogP contribution in [0, 0.1) is 0 Å². The van der Waals surface area contributed by atoms with E-state index in [1.807, 2.05) is 14.1 Å². The lowest BCUT2D eigenvalue weighted by atomic mass is 10.0. The lowest BCUT2D eigenvalue weighted by Gasteiger charge is -2.32. The van der Waals surface area contributed by atoms with Crippen LogP contribution in [0.15, 0.2) is 18.3 Å². The highest BCUT2D eigenvalue weighted by atomic mass is 16.1. The molecule has 0 radical (unpaired) electrons. The molecule has 6 nitrogen and oxygen atoms in total. The van der Waals surface area contributed by atoms with Crippen molar-refractivity contribution in [2.24, 2.45) is 5.84 Å². The van der Waals surface area contributed by atoms with Crippen LogP contribution < -0.4 is 16.6 Å². The molecule has 0 aliphatic carbocycles. The number of aromatic nitrogens is 1. The van der Waals surface area contributed by atoms with Crippen LogP contribution in [-0.2, 0) is 0 Å². The van der Waals surface area contributed by atoms with Crippen molar-refractivity contribution in [3.05, 3.63) is 23.9 Å². The standard InChI is InChI=1S/C12H21N5O/c1-12(2,17(3)4)8-15-11(18)9-5-6-14-10(7-9)16-13/h5-7H,8,13H2,1-4H3,(H,14,16)(H,15,18). The van der Waals surface area contributed by atoms with Gasteiger partial charge >= 0.3 is 0 Å². The van der Waals surface area contributed by atoms with Gasteiger partial charge in [0.1, 0.15) is 5.82 Å². The molecular formula is C12H21N5O. The van der Waals surface area contributed by atoms with Crippen molar-refractivity contribution in [3.63, 3.8) is 0 Å². The molecule has 0 atom stereocenters. The Hall–Kier alpha value is -1.66. The quantitative estimate of drug-likeness (QED) is 0.522. The van der Waals surface area contributed by atoms with E-state index in [9.17, 15) is 4.79 Å². The first-order valence-electron chi connectivity index (χ1n) is 5.75. The number of likely N-dealkylation sites (N-methyl/N-ethyl adjacent to an activating group) is 1. The summed E-state index contributed by atoms with van der Waals surface area (Å²) in [7, 11) is 3.96. The summed E-state index contributed by atoms with van der Waals surface area (Å²) in [6, 6.07) is 3.26. The van der Waals surface area contributed by atoms with Gasteiger partial charge in [-0.3, -0.25) is 4.79 Å². The lowest BCUT2D eigenvalue weighted by molar-refractivity contribution is 0.0919. The van der Waals surface area contributed by atoms with Crippen LogP contribution in [0.3, 0.4) is 0 Å². The van der Waals surface area contributed by atoms with Crippen LogP contribution in [0.1, 0.15) is 24.2 Å². The second-order valence-corrected chi connectivity index (χ2v) is 4.96. The zero-order chi connectivity index (χ0) is 13.8. The van der Waals surface area contributed by atoms with Crippen molar-refractivity contribution < 1.29 is 4.79 Å². The summed E-state index contributed by atoms with van der Waals surface area (Å²) >= 11 is 0. The highest BCUT2D eigenvalue weighted by Crippen LogP contribution is 2.09. The number of nitrogens with zero attached hydrogens (tertiary/aromatic N) is 2. The second kappa shape index (κ2) is 5.79. The van der Waals surface area contributed by atoms with Crippen molar-refractivity contribution >= 4 is 11.7 Å². The molecule has 0 aliphatic heterocycles. The molecule has 1 aromatic rings. The van der Waals surface area contributed by atoms with E-state index in [1.165, 1.54) is 0 Å². The molecule has 1 aromatic heterocycles. The van der Waals surface area contributed by atoms with Gasteiger partial charge in [-0.25, -0.2) is 10.8 Å². The Labute approximate surface area is 108 Å². The van der Waals surface area contributed by atoms with E-state index < -0.39 is 0 Å². The largest absolute Gasteiger partial charge is 0.350 e. The van der Waals surface area contributed by atoms with Crippen LogP contribution in [0.25, 0.3) is 0 Å². The van der Waals surface area contributed by atoms with Gasteiger partial charge in [-0.2, -0.15) is 0 Å². The summed E-state index contributed by atoms with van der Waals surface area (Å²) in [6.07, 6.45) is 1.54. The molecule has 6 heteroatoms. The third kappa shape index (κ3) is 3.68. The number of carbonyl (C=O) groups is 1. The van der Waals surface area contributed by atoms with Gasteiger partial charge in [-0.05, 0) is 40.1 Å². The number of hydrazine groups is 1. The Kier molecular flexibility index (Phi) is 4.63. The number of hydrogen-bond donors (Lipinski definition) is 3. The fraction of sp³-hybridized carbons (Fsp3) is 0.500. The third-order valence-corrected chi connectivity index (χ3v) is 3.06. The van der Waals surface area contributed by atoms with Gasteiger partial charge in [0, 0.05) is 23.8 Å². The molecule has 100 valence electrons. The number of nitrogens with one attached hydrogen (secondary N) is 2. The third-order valence-electron chi connectivity index (χ3n) is 3.06. The lowest BCUT2D eigenvalue weighted by Crippen LogP contribution is -2.48. The Bertz CT molecular complexity index is 417. The first-order valence-corrected chi connectivity index (χ1v) is 5.75. The smallest absolute Gasteiger partial charge is 0.251 e. The maximum Gasteiger partial charge on any atom is 0.251 e. The summed E-state index contributed by atoms with van der Waals surface area (Å²) in [5.41, 5.74) is 2.85. The van der Waals surface area contributed by atoms with Crippen molar-refractivity contribution in [2.75, 3.05) is 26.1 Å². The summed E-state index contributed by atoms with van der Waals surface area (Å²) in [5, 5.41) is 2.89. The molecule has 0 saturated heterocycles.